The first-order valence-electron chi connectivity index (χ1n) is 10.8. The van der Waals surface area contributed by atoms with E-state index in [1.807, 2.05) is 16.7 Å². The zero-order valence-corrected chi connectivity index (χ0v) is 19.2. The molecule has 4 rings (SSSR count). The molecule has 33 heavy (non-hydrogen) atoms. The lowest BCUT2D eigenvalue weighted by Gasteiger charge is -2.39. The van der Waals surface area contributed by atoms with Crippen molar-refractivity contribution in [3.8, 4) is 6.07 Å². The van der Waals surface area contributed by atoms with Crippen LogP contribution in [0.1, 0.15) is 45.1 Å². The molecule has 11 heteroatoms. The molecule has 0 atom stereocenters. The van der Waals surface area contributed by atoms with Gasteiger partial charge in [-0.2, -0.15) is 5.26 Å². The second-order valence-corrected chi connectivity index (χ2v) is 9.90. The molecule has 174 valence electrons. The molecule has 4 heterocycles. The molecular weight excluding hydrogens is 426 g/mol. The average Bonchev–Trinajstić information content (AvgIpc) is 3.17. The molecule has 0 radical (unpaired) electrons. The van der Waals surface area contributed by atoms with Crippen LogP contribution in [0.3, 0.4) is 0 Å². The van der Waals surface area contributed by atoms with Crippen molar-refractivity contribution in [1.82, 2.24) is 29.2 Å². The fourth-order valence-electron chi connectivity index (χ4n) is 4.69. The minimum Gasteiger partial charge on any atom is -0.465 e. The summed E-state index contributed by atoms with van der Waals surface area (Å²) in [5, 5.41) is 19.2. The summed E-state index contributed by atoms with van der Waals surface area (Å²) in [6.07, 6.45) is 1.08. The van der Waals surface area contributed by atoms with Crippen molar-refractivity contribution in [2.75, 3.05) is 20.1 Å². The number of likely N-dealkylation sites (tertiary alicyclic amines) is 1. The van der Waals surface area contributed by atoms with Crippen LogP contribution in [0.15, 0.2) is 12.3 Å². The number of nitriles is 1. The molecule has 0 unspecified atom stereocenters. The van der Waals surface area contributed by atoms with Gasteiger partial charge >= 0.3 is 12.1 Å². The average molecular weight is 454 g/mol. The Bertz CT molecular complexity index is 1180. The summed E-state index contributed by atoms with van der Waals surface area (Å²) in [6, 6.07) is 3.40. The van der Waals surface area contributed by atoms with E-state index in [4.69, 9.17) is 0 Å². The van der Waals surface area contributed by atoms with Crippen LogP contribution >= 0.6 is 0 Å². The molecule has 0 saturated carbocycles. The Kier molecular flexibility index (Phi) is 5.27. The van der Waals surface area contributed by atoms with Gasteiger partial charge in [0.05, 0.1) is 6.54 Å². The van der Waals surface area contributed by atoms with Crippen LogP contribution < -0.4 is 0 Å². The number of hydrogen-bond donors (Lipinski definition) is 1. The summed E-state index contributed by atoms with van der Waals surface area (Å²) in [5.74, 6) is -0.254. The first kappa shape index (κ1) is 22.5. The number of urea groups is 1. The van der Waals surface area contributed by atoms with Crippen molar-refractivity contribution in [3.05, 3.63) is 23.8 Å². The standard InChI is InChI=1S/C22H27N7O4/c1-21(2,3)13-29-15(9-14-11-24-16(10-23)25-17(14)29)12-28-18(30)22(26(4)19(28)31)5-7-27(8-6-22)20(32)33/h9,11H,5-8,12-13H2,1-4H3,(H,32,33). The van der Waals surface area contributed by atoms with Gasteiger partial charge in [0.2, 0.25) is 5.82 Å². The van der Waals surface area contributed by atoms with Crippen LogP contribution in [0, 0.1) is 16.7 Å². The Morgan fingerprint density at radius 2 is 1.94 bits per heavy atom. The highest BCUT2D eigenvalue weighted by Crippen LogP contribution is 2.37. The minimum absolute atomic E-state index is 0.0551. The molecule has 2 aromatic heterocycles. The van der Waals surface area contributed by atoms with Crippen LogP contribution in [-0.2, 0) is 17.9 Å². The van der Waals surface area contributed by atoms with E-state index in [2.05, 4.69) is 30.7 Å². The van der Waals surface area contributed by atoms with Crippen molar-refractivity contribution >= 4 is 29.1 Å². The monoisotopic (exact) mass is 453 g/mol. The third kappa shape index (κ3) is 3.75. The first-order valence-corrected chi connectivity index (χ1v) is 10.8. The van der Waals surface area contributed by atoms with E-state index in [1.165, 1.54) is 14.7 Å². The molecule has 2 saturated heterocycles. The summed E-state index contributed by atoms with van der Waals surface area (Å²) in [7, 11) is 1.60. The summed E-state index contributed by atoms with van der Waals surface area (Å²) >= 11 is 0. The number of carboxylic acid groups (broad SMARTS) is 1. The lowest BCUT2D eigenvalue weighted by molar-refractivity contribution is -0.135. The Morgan fingerprint density at radius 1 is 1.27 bits per heavy atom. The lowest BCUT2D eigenvalue weighted by Crippen LogP contribution is -2.56. The topological polar surface area (TPSA) is 136 Å². The van der Waals surface area contributed by atoms with Crippen LogP contribution in [0.5, 0.6) is 0 Å². The maximum atomic E-state index is 13.5. The fourth-order valence-corrected chi connectivity index (χ4v) is 4.69. The zero-order valence-electron chi connectivity index (χ0n) is 19.2. The van der Waals surface area contributed by atoms with E-state index in [0.29, 0.717) is 12.2 Å². The summed E-state index contributed by atoms with van der Waals surface area (Å²) in [4.78, 5) is 50.3. The summed E-state index contributed by atoms with van der Waals surface area (Å²) in [5.41, 5.74) is 0.152. The highest BCUT2D eigenvalue weighted by atomic mass is 16.4. The third-order valence-electron chi connectivity index (χ3n) is 6.44. The highest BCUT2D eigenvalue weighted by Gasteiger charge is 2.56. The normalized spacial score (nSPS) is 18.5. The number of carbonyl (C=O) groups excluding carboxylic acids is 2. The molecular formula is C22H27N7O4. The van der Waals surface area contributed by atoms with Crippen molar-refractivity contribution in [1.29, 1.82) is 5.26 Å². The molecule has 2 aliphatic heterocycles. The molecule has 11 nitrogen and oxygen atoms in total. The third-order valence-corrected chi connectivity index (χ3v) is 6.44. The second-order valence-electron chi connectivity index (χ2n) is 9.90. The quantitative estimate of drug-likeness (QED) is 0.704. The SMILES string of the molecule is CN1C(=O)N(Cc2cc3cnc(C#N)nc3n2CC(C)(C)C)C(=O)C12CCN(C(=O)O)CC2. The van der Waals surface area contributed by atoms with E-state index in [-0.39, 0.29) is 49.6 Å². The first-order chi connectivity index (χ1) is 15.5. The number of likely N-dealkylation sites (N-methyl/N-ethyl adjacent to an activating group) is 1. The molecule has 2 fully saturated rings. The summed E-state index contributed by atoms with van der Waals surface area (Å²) in [6.45, 7) is 7.23. The van der Waals surface area contributed by atoms with Crippen LogP contribution in [0.25, 0.3) is 11.0 Å². The predicted molar refractivity (Wildman–Crippen MR) is 117 cm³/mol. The van der Waals surface area contributed by atoms with Crippen molar-refractivity contribution in [3.63, 3.8) is 0 Å². The van der Waals surface area contributed by atoms with E-state index in [0.717, 1.165) is 11.1 Å². The van der Waals surface area contributed by atoms with E-state index in [1.54, 1.807) is 13.2 Å². The van der Waals surface area contributed by atoms with Crippen LogP contribution in [0.4, 0.5) is 9.59 Å². The van der Waals surface area contributed by atoms with Gasteiger partial charge < -0.3 is 19.5 Å². The Morgan fingerprint density at radius 3 is 2.52 bits per heavy atom. The van der Waals surface area contributed by atoms with Gasteiger partial charge in [-0.15, -0.1) is 0 Å². The molecule has 0 aromatic carbocycles. The largest absolute Gasteiger partial charge is 0.465 e. The van der Waals surface area contributed by atoms with E-state index < -0.39 is 17.7 Å². The smallest absolute Gasteiger partial charge is 0.407 e. The van der Waals surface area contributed by atoms with Gasteiger partial charge in [-0.3, -0.25) is 9.69 Å². The van der Waals surface area contributed by atoms with E-state index in [9.17, 15) is 24.8 Å². The number of aromatic nitrogens is 3. The number of piperidine rings is 1. The predicted octanol–water partition coefficient (Wildman–Crippen LogP) is 2.26. The molecule has 4 amide bonds. The minimum atomic E-state index is -1.03. The Balaban J connectivity index is 1.69. The van der Waals surface area contributed by atoms with Gasteiger partial charge in [-0.25, -0.2) is 19.6 Å². The number of hydrogen-bond acceptors (Lipinski definition) is 6. The number of carbonyl (C=O) groups is 3. The zero-order chi connectivity index (χ0) is 24.1. The fraction of sp³-hybridized carbons (Fsp3) is 0.545. The Hall–Kier alpha value is -3.68. The number of rotatable bonds is 3. The lowest BCUT2D eigenvalue weighted by atomic mass is 9.86. The molecule has 2 aliphatic rings. The molecule has 2 aromatic rings. The van der Waals surface area contributed by atoms with Crippen molar-refractivity contribution < 1.29 is 19.5 Å². The van der Waals surface area contributed by atoms with Crippen LogP contribution in [0.2, 0.25) is 0 Å². The summed E-state index contributed by atoms with van der Waals surface area (Å²) < 4.78 is 1.94. The maximum Gasteiger partial charge on any atom is 0.407 e. The van der Waals surface area contributed by atoms with Gasteiger partial charge in [-0.05, 0) is 24.3 Å². The van der Waals surface area contributed by atoms with Gasteiger partial charge in [-0.1, -0.05) is 20.8 Å². The van der Waals surface area contributed by atoms with Gasteiger partial charge in [0.15, 0.2) is 0 Å². The van der Waals surface area contributed by atoms with E-state index >= 15 is 0 Å². The van der Waals surface area contributed by atoms with Crippen molar-refractivity contribution in [2.45, 2.75) is 52.2 Å². The van der Waals surface area contributed by atoms with Crippen molar-refractivity contribution in [2.24, 2.45) is 5.41 Å². The second kappa shape index (κ2) is 7.72. The number of imide groups is 1. The number of fused-ring (bicyclic) bond motifs is 1. The molecule has 1 spiro atoms. The van der Waals surface area contributed by atoms with Gasteiger partial charge in [0, 0.05) is 44.0 Å². The molecule has 0 aliphatic carbocycles. The number of nitrogens with zero attached hydrogens (tertiary/aromatic N) is 7. The van der Waals surface area contributed by atoms with Gasteiger partial charge in [0.1, 0.15) is 17.3 Å². The number of amides is 4. The maximum absolute atomic E-state index is 13.5. The van der Waals surface area contributed by atoms with Gasteiger partial charge in [0.25, 0.3) is 5.91 Å². The Labute approximate surface area is 191 Å². The molecule has 1 N–H and O–H groups in total. The van der Waals surface area contributed by atoms with Crippen LogP contribution in [-0.4, -0.2) is 78.0 Å². The molecule has 0 bridgehead atoms. The highest BCUT2D eigenvalue weighted by molar-refractivity contribution is 6.07.